The van der Waals surface area contributed by atoms with Gasteiger partial charge in [0.25, 0.3) is 11.8 Å². The summed E-state index contributed by atoms with van der Waals surface area (Å²) in [6.07, 6.45) is 5.88. The summed E-state index contributed by atoms with van der Waals surface area (Å²) in [7, 11) is 3.77. The molecule has 1 atom stereocenters. The molecule has 0 radical (unpaired) electrons. The molecule has 10 heteroatoms. The fourth-order valence-electron chi connectivity index (χ4n) is 5.64. The second-order valence-corrected chi connectivity index (χ2v) is 11.0. The number of amides is 2. The number of carbonyl (C=O) groups is 2. The van der Waals surface area contributed by atoms with E-state index in [0.717, 1.165) is 57.5 Å². The van der Waals surface area contributed by atoms with Crippen LogP contribution in [0, 0.1) is 5.92 Å². The summed E-state index contributed by atoms with van der Waals surface area (Å²) in [5, 5.41) is 6.33. The van der Waals surface area contributed by atoms with Gasteiger partial charge in [-0.05, 0) is 99.6 Å². The van der Waals surface area contributed by atoms with Crippen molar-refractivity contribution in [2.45, 2.75) is 31.6 Å². The number of ether oxygens (including phenoxy) is 1. The Morgan fingerprint density at radius 1 is 1.02 bits per heavy atom. The van der Waals surface area contributed by atoms with Crippen molar-refractivity contribution >= 4 is 29.1 Å². The van der Waals surface area contributed by atoms with Gasteiger partial charge < -0.3 is 30.9 Å². The summed E-state index contributed by atoms with van der Waals surface area (Å²) in [6.45, 7) is 4.32. The molecular formula is C31H39N7O3. The molecule has 4 N–H and O–H groups in total. The Balaban J connectivity index is 1.23. The van der Waals surface area contributed by atoms with Gasteiger partial charge in [0.05, 0.1) is 13.3 Å². The van der Waals surface area contributed by atoms with Crippen LogP contribution in [0.15, 0.2) is 54.7 Å². The van der Waals surface area contributed by atoms with E-state index in [1.807, 2.05) is 12.1 Å². The molecule has 10 nitrogen and oxygen atoms in total. The minimum atomic E-state index is -0.632. The first-order valence-corrected chi connectivity index (χ1v) is 14.3. The first kappa shape index (κ1) is 28.4. The number of benzene rings is 2. The number of hydrogen-bond donors (Lipinski definition) is 3. The third-order valence-electron chi connectivity index (χ3n) is 8.10. The molecule has 41 heavy (non-hydrogen) atoms. The summed E-state index contributed by atoms with van der Waals surface area (Å²) in [5.41, 5.74) is 8.50. The third-order valence-corrected chi connectivity index (χ3v) is 8.10. The highest BCUT2D eigenvalue weighted by Crippen LogP contribution is 2.30. The zero-order chi connectivity index (χ0) is 28.8. The average molecular weight is 558 g/mol. The number of rotatable bonds is 9. The van der Waals surface area contributed by atoms with Crippen LogP contribution in [0.4, 0.5) is 17.3 Å². The van der Waals surface area contributed by atoms with Crippen LogP contribution in [-0.2, 0) is 0 Å². The van der Waals surface area contributed by atoms with Crippen molar-refractivity contribution in [2.24, 2.45) is 11.7 Å². The van der Waals surface area contributed by atoms with Crippen molar-refractivity contribution in [2.75, 3.05) is 57.1 Å². The Labute approximate surface area is 241 Å². The molecular weight excluding hydrogens is 518 g/mol. The Hall–Kier alpha value is -4.18. The van der Waals surface area contributed by atoms with Gasteiger partial charge in [0.15, 0.2) is 11.5 Å². The van der Waals surface area contributed by atoms with Crippen LogP contribution >= 0.6 is 0 Å². The molecule has 2 amide bonds. The van der Waals surface area contributed by atoms with Gasteiger partial charge in [-0.15, -0.1) is 0 Å². The van der Waals surface area contributed by atoms with E-state index < -0.39 is 5.91 Å². The molecule has 2 fully saturated rings. The molecule has 2 aliphatic heterocycles. The second kappa shape index (κ2) is 13.0. The predicted molar refractivity (Wildman–Crippen MR) is 160 cm³/mol. The van der Waals surface area contributed by atoms with Crippen LogP contribution in [0.1, 0.15) is 58.0 Å². The van der Waals surface area contributed by atoms with E-state index in [2.05, 4.69) is 44.6 Å². The number of nitrogens with two attached hydrogens (primary N) is 1. The van der Waals surface area contributed by atoms with E-state index in [9.17, 15) is 9.59 Å². The fourth-order valence-corrected chi connectivity index (χ4v) is 5.64. The molecule has 3 aromatic rings. The van der Waals surface area contributed by atoms with Crippen molar-refractivity contribution in [3.05, 3.63) is 71.5 Å². The molecule has 0 spiro atoms. The maximum Gasteiger partial charge on any atom is 0.271 e. The van der Waals surface area contributed by atoms with Gasteiger partial charge in [-0.3, -0.25) is 9.59 Å². The molecule has 3 heterocycles. The number of piperidine rings is 2. The molecule has 0 aliphatic carbocycles. The van der Waals surface area contributed by atoms with Crippen molar-refractivity contribution in [1.29, 1.82) is 0 Å². The fraction of sp³-hybridized carbons (Fsp3) is 0.419. The van der Waals surface area contributed by atoms with Crippen LogP contribution in [-0.4, -0.2) is 73.6 Å². The first-order chi connectivity index (χ1) is 19.9. The summed E-state index contributed by atoms with van der Waals surface area (Å²) in [5.74, 6) is 1.82. The molecule has 2 aromatic carbocycles. The van der Waals surface area contributed by atoms with Crippen LogP contribution in [0.25, 0.3) is 0 Å². The molecule has 1 unspecified atom stereocenters. The van der Waals surface area contributed by atoms with Crippen LogP contribution in [0.5, 0.6) is 5.75 Å². The van der Waals surface area contributed by atoms with Crippen LogP contribution in [0.3, 0.4) is 0 Å². The summed E-state index contributed by atoms with van der Waals surface area (Å²) in [6, 6.07) is 15.4. The van der Waals surface area contributed by atoms with Crippen molar-refractivity contribution in [1.82, 2.24) is 20.2 Å². The normalized spacial score (nSPS) is 18.1. The van der Waals surface area contributed by atoms with Gasteiger partial charge >= 0.3 is 0 Å². The largest absolute Gasteiger partial charge is 0.497 e. The minimum absolute atomic E-state index is 0.105. The Bertz CT molecular complexity index is 1340. The lowest BCUT2D eigenvalue weighted by atomic mass is 9.89. The van der Waals surface area contributed by atoms with Gasteiger partial charge in [-0.2, -0.15) is 0 Å². The predicted octanol–water partition coefficient (Wildman–Crippen LogP) is 3.78. The Morgan fingerprint density at radius 3 is 2.44 bits per heavy atom. The lowest BCUT2D eigenvalue weighted by molar-refractivity contribution is 0.0944. The molecule has 2 aliphatic rings. The SMILES string of the molecule is COc1ccc(C(=O)NCC2CCCN(c3cnc(C(N)=O)c(Nc4ccc(C5CCN(C)CC5)cc4)n3)C2)cc1. The minimum Gasteiger partial charge on any atom is -0.497 e. The third kappa shape index (κ3) is 7.13. The van der Waals surface area contributed by atoms with E-state index in [1.54, 1.807) is 37.6 Å². The van der Waals surface area contributed by atoms with Gasteiger partial charge in [0, 0.05) is 30.9 Å². The van der Waals surface area contributed by atoms with Crippen molar-refractivity contribution in [3.63, 3.8) is 0 Å². The summed E-state index contributed by atoms with van der Waals surface area (Å²) in [4.78, 5) is 38.5. The number of aromatic nitrogens is 2. The first-order valence-electron chi connectivity index (χ1n) is 14.3. The highest BCUT2D eigenvalue weighted by atomic mass is 16.5. The molecule has 5 rings (SSSR count). The van der Waals surface area contributed by atoms with E-state index in [1.165, 1.54) is 5.56 Å². The van der Waals surface area contributed by atoms with Crippen LogP contribution < -0.4 is 26.0 Å². The number of methoxy groups -OCH3 is 1. The van der Waals surface area contributed by atoms with E-state index in [4.69, 9.17) is 15.5 Å². The van der Waals surface area contributed by atoms with Gasteiger partial charge in [0.1, 0.15) is 11.6 Å². The maximum absolute atomic E-state index is 12.6. The summed E-state index contributed by atoms with van der Waals surface area (Å²) >= 11 is 0. The maximum atomic E-state index is 12.6. The van der Waals surface area contributed by atoms with E-state index in [-0.39, 0.29) is 17.5 Å². The molecule has 1 aromatic heterocycles. The standard InChI is InChI=1S/C31H39N7O3/c1-37-16-13-23(14-17-37)22-5-9-25(10-6-22)35-30-28(29(32)39)33-19-27(36-30)38-15-3-4-21(20-38)18-34-31(40)24-7-11-26(41-2)12-8-24/h5-12,19,21,23H,3-4,13-18,20H2,1-2H3,(H2,32,39)(H,34,40)(H,35,36). The number of likely N-dealkylation sites (tertiary alicyclic amines) is 1. The number of primary amides is 1. The van der Waals surface area contributed by atoms with E-state index in [0.29, 0.717) is 35.4 Å². The Morgan fingerprint density at radius 2 is 1.76 bits per heavy atom. The average Bonchev–Trinajstić information content (AvgIpc) is 3.01. The molecule has 0 bridgehead atoms. The van der Waals surface area contributed by atoms with Crippen molar-refractivity contribution in [3.8, 4) is 5.75 Å². The topological polar surface area (TPSA) is 126 Å². The van der Waals surface area contributed by atoms with Crippen molar-refractivity contribution < 1.29 is 14.3 Å². The highest BCUT2D eigenvalue weighted by molar-refractivity contribution is 5.96. The van der Waals surface area contributed by atoms with Gasteiger partial charge in [-0.25, -0.2) is 9.97 Å². The number of hydrogen-bond acceptors (Lipinski definition) is 8. The monoisotopic (exact) mass is 557 g/mol. The molecule has 2 saturated heterocycles. The Kier molecular flexibility index (Phi) is 8.98. The number of carbonyl (C=O) groups excluding carboxylic acids is 2. The van der Waals surface area contributed by atoms with Crippen LogP contribution in [0.2, 0.25) is 0 Å². The summed E-state index contributed by atoms with van der Waals surface area (Å²) < 4.78 is 5.17. The number of anilines is 3. The number of nitrogens with zero attached hydrogens (tertiary/aromatic N) is 4. The lowest BCUT2D eigenvalue weighted by Gasteiger charge is -2.33. The second-order valence-electron chi connectivity index (χ2n) is 11.0. The molecule has 0 saturated carbocycles. The zero-order valence-electron chi connectivity index (χ0n) is 23.8. The number of nitrogens with one attached hydrogen (secondary N) is 2. The molecule has 216 valence electrons. The smallest absolute Gasteiger partial charge is 0.271 e. The zero-order valence-corrected chi connectivity index (χ0v) is 23.8. The van der Waals surface area contributed by atoms with Gasteiger partial charge in [0.2, 0.25) is 0 Å². The van der Waals surface area contributed by atoms with Gasteiger partial charge in [-0.1, -0.05) is 12.1 Å². The lowest BCUT2D eigenvalue weighted by Crippen LogP contribution is -2.41. The van der Waals surface area contributed by atoms with E-state index >= 15 is 0 Å². The highest BCUT2D eigenvalue weighted by Gasteiger charge is 2.24. The quantitative estimate of drug-likeness (QED) is 0.363.